The van der Waals surface area contributed by atoms with Gasteiger partial charge >= 0.3 is 6.03 Å². The Bertz CT molecular complexity index is 1320. The van der Waals surface area contributed by atoms with Crippen LogP contribution in [0.1, 0.15) is 15.9 Å². The first-order chi connectivity index (χ1) is 14.8. The summed E-state index contributed by atoms with van der Waals surface area (Å²) in [5.41, 5.74) is -0.189. The van der Waals surface area contributed by atoms with Crippen molar-refractivity contribution in [3.8, 4) is 0 Å². The van der Waals surface area contributed by atoms with E-state index < -0.39 is 29.0 Å². The van der Waals surface area contributed by atoms with E-state index in [0.29, 0.717) is 21.2 Å². The summed E-state index contributed by atoms with van der Waals surface area (Å²) in [6, 6.07) is 9.58. The number of H-pyrrole nitrogens is 1. The number of nitrogens with zero attached hydrogens (tertiary/aromatic N) is 1. The number of amides is 2. The molecule has 3 N–H and O–H groups in total. The van der Waals surface area contributed by atoms with Crippen LogP contribution in [0.3, 0.4) is 0 Å². The van der Waals surface area contributed by atoms with Gasteiger partial charge in [0, 0.05) is 38.0 Å². The second kappa shape index (κ2) is 8.56. The Morgan fingerprint density at radius 2 is 1.71 bits per heavy atom. The first-order valence-corrected chi connectivity index (χ1v) is 10.4. The number of benzene rings is 2. The van der Waals surface area contributed by atoms with Gasteiger partial charge in [-0.15, -0.1) is 0 Å². The number of hydrogen-bond acceptors (Lipinski definition) is 3. The standard InChI is InChI=1S/C21H12Br2F2N4O2/c22-10-1-3-12(4-2-10)28-21(31)29-16-6-5-15(24)17(18(16)25)19(30)14-9-27-20-13(14)7-11(23)8-26-20/h1-9H,(H,26,27)(H2,28,29,31). The van der Waals surface area contributed by atoms with Crippen molar-refractivity contribution < 1.29 is 18.4 Å². The lowest BCUT2D eigenvalue weighted by Gasteiger charge is -2.11. The number of nitrogens with one attached hydrogen (secondary N) is 3. The molecule has 0 fully saturated rings. The number of carbonyl (C=O) groups is 2. The molecule has 10 heteroatoms. The molecule has 0 aliphatic rings. The van der Waals surface area contributed by atoms with Gasteiger partial charge < -0.3 is 15.6 Å². The molecule has 0 atom stereocenters. The molecule has 2 amide bonds. The molecule has 6 nitrogen and oxygen atoms in total. The summed E-state index contributed by atoms with van der Waals surface area (Å²) < 4.78 is 30.9. The largest absolute Gasteiger partial charge is 0.345 e. The maximum Gasteiger partial charge on any atom is 0.323 e. The zero-order valence-electron chi connectivity index (χ0n) is 15.5. The third kappa shape index (κ3) is 4.35. The highest BCUT2D eigenvalue weighted by Gasteiger charge is 2.25. The highest BCUT2D eigenvalue weighted by molar-refractivity contribution is 9.10. The number of anilines is 2. The van der Waals surface area contributed by atoms with Crippen molar-refractivity contribution in [3.05, 3.63) is 86.6 Å². The second-order valence-corrected chi connectivity index (χ2v) is 8.28. The minimum atomic E-state index is -1.17. The molecule has 2 heterocycles. The molecule has 0 radical (unpaired) electrons. The Kier molecular flexibility index (Phi) is 5.84. The number of ketones is 1. The number of halogens is 4. The predicted molar refractivity (Wildman–Crippen MR) is 120 cm³/mol. The molecule has 0 saturated heterocycles. The zero-order valence-corrected chi connectivity index (χ0v) is 18.6. The summed E-state index contributed by atoms with van der Waals surface area (Å²) in [6.07, 6.45) is 2.87. The molecule has 0 saturated carbocycles. The highest BCUT2D eigenvalue weighted by atomic mass is 79.9. The fourth-order valence-electron chi connectivity index (χ4n) is 2.98. The van der Waals surface area contributed by atoms with Gasteiger partial charge in [-0.05, 0) is 58.4 Å². The average Bonchev–Trinajstić information content (AvgIpc) is 3.15. The second-order valence-electron chi connectivity index (χ2n) is 6.45. The van der Waals surface area contributed by atoms with E-state index in [1.807, 2.05) is 0 Å². The van der Waals surface area contributed by atoms with Gasteiger partial charge in [-0.3, -0.25) is 4.79 Å². The molecular formula is C21H12Br2F2N4O2. The van der Waals surface area contributed by atoms with Crippen molar-refractivity contribution in [1.29, 1.82) is 0 Å². The van der Waals surface area contributed by atoms with Crippen LogP contribution in [0.25, 0.3) is 11.0 Å². The molecule has 0 aliphatic carbocycles. The minimum absolute atomic E-state index is 0.0538. The summed E-state index contributed by atoms with van der Waals surface area (Å²) in [5.74, 6) is -3.09. The number of fused-ring (bicyclic) bond motifs is 1. The normalized spacial score (nSPS) is 10.8. The van der Waals surface area contributed by atoms with Crippen LogP contribution in [0.5, 0.6) is 0 Å². The van der Waals surface area contributed by atoms with Gasteiger partial charge in [-0.25, -0.2) is 18.6 Å². The minimum Gasteiger partial charge on any atom is -0.345 e. The van der Waals surface area contributed by atoms with Crippen molar-refractivity contribution in [2.24, 2.45) is 0 Å². The number of hydrogen-bond donors (Lipinski definition) is 3. The summed E-state index contributed by atoms with van der Waals surface area (Å²) in [4.78, 5) is 32.1. The summed E-state index contributed by atoms with van der Waals surface area (Å²) in [6.45, 7) is 0. The molecule has 0 spiro atoms. The van der Waals surface area contributed by atoms with E-state index in [1.54, 1.807) is 30.3 Å². The van der Waals surface area contributed by atoms with Gasteiger partial charge in [0.05, 0.1) is 11.3 Å². The van der Waals surface area contributed by atoms with Crippen molar-refractivity contribution >= 4 is 66.1 Å². The number of aromatic amines is 1. The molecule has 4 aromatic rings. The van der Waals surface area contributed by atoms with Gasteiger partial charge in [0.15, 0.2) is 5.82 Å². The Morgan fingerprint density at radius 1 is 0.968 bits per heavy atom. The molecule has 156 valence electrons. The predicted octanol–water partition coefficient (Wildman–Crippen LogP) is 6.24. The maximum absolute atomic E-state index is 15.1. The highest BCUT2D eigenvalue weighted by Crippen LogP contribution is 2.28. The number of urea groups is 1. The lowest BCUT2D eigenvalue weighted by atomic mass is 10.0. The zero-order chi connectivity index (χ0) is 22.1. The van der Waals surface area contributed by atoms with Crippen LogP contribution in [0.2, 0.25) is 0 Å². The van der Waals surface area contributed by atoms with Gasteiger partial charge in [-0.1, -0.05) is 15.9 Å². The van der Waals surface area contributed by atoms with E-state index in [4.69, 9.17) is 0 Å². The van der Waals surface area contributed by atoms with Gasteiger partial charge in [0.25, 0.3) is 0 Å². The third-order valence-electron chi connectivity index (χ3n) is 4.41. The van der Waals surface area contributed by atoms with E-state index in [1.165, 1.54) is 12.4 Å². The smallest absolute Gasteiger partial charge is 0.323 e. The molecule has 2 aromatic carbocycles. The summed E-state index contributed by atoms with van der Waals surface area (Å²) >= 11 is 6.55. The van der Waals surface area contributed by atoms with Crippen LogP contribution in [-0.4, -0.2) is 21.8 Å². The fourth-order valence-corrected chi connectivity index (χ4v) is 3.57. The molecule has 0 bridgehead atoms. The lowest BCUT2D eigenvalue weighted by Crippen LogP contribution is -2.21. The van der Waals surface area contributed by atoms with Crippen molar-refractivity contribution in [2.45, 2.75) is 0 Å². The average molecular weight is 550 g/mol. The fraction of sp³-hybridized carbons (Fsp3) is 0. The third-order valence-corrected chi connectivity index (χ3v) is 5.37. The van der Waals surface area contributed by atoms with E-state index >= 15 is 4.39 Å². The monoisotopic (exact) mass is 548 g/mol. The van der Waals surface area contributed by atoms with E-state index in [0.717, 1.165) is 16.6 Å². The van der Waals surface area contributed by atoms with Crippen LogP contribution in [0.4, 0.5) is 25.0 Å². The van der Waals surface area contributed by atoms with Crippen LogP contribution in [-0.2, 0) is 0 Å². The SMILES string of the molecule is O=C(Nc1ccc(Br)cc1)Nc1ccc(F)c(C(=O)c2c[nH]c3ncc(Br)cc23)c1F. The van der Waals surface area contributed by atoms with Crippen LogP contribution in [0.15, 0.2) is 63.8 Å². The van der Waals surface area contributed by atoms with Crippen molar-refractivity contribution in [1.82, 2.24) is 9.97 Å². The lowest BCUT2D eigenvalue weighted by molar-refractivity contribution is 0.103. The van der Waals surface area contributed by atoms with Crippen LogP contribution < -0.4 is 10.6 Å². The number of pyridine rings is 1. The Hall–Kier alpha value is -3.11. The van der Waals surface area contributed by atoms with Gasteiger partial charge in [0.2, 0.25) is 5.78 Å². The van der Waals surface area contributed by atoms with E-state index in [2.05, 4.69) is 52.5 Å². The molecule has 2 aromatic heterocycles. The van der Waals surface area contributed by atoms with E-state index in [-0.39, 0.29) is 11.3 Å². The first-order valence-electron chi connectivity index (χ1n) is 8.82. The van der Waals surface area contributed by atoms with E-state index in [9.17, 15) is 14.0 Å². The summed E-state index contributed by atoms with van der Waals surface area (Å²) in [5, 5.41) is 5.24. The van der Waals surface area contributed by atoms with Gasteiger partial charge in [0.1, 0.15) is 11.5 Å². The Balaban J connectivity index is 1.64. The topological polar surface area (TPSA) is 86.9 Å². The molecule has 0 aliphatic heterocycles. The summed E-state index contributed by atoms with van der Waals surface area (Å²) in [7, 11) is 0. The maximum atomic E-state index is 15.1. The van der Waals surface area contributed by atoms with Crippen molar-refractivity contribution in [3.63, 3.8) is 0 Å². The number of carbonyl (C=O) groups excluding carboxylic acids is 2. The molecular weight excluding hydrogens is 538 g/mol. The van der Waals surface area contributed by atoms with Crippen LogP contribution >= 0.6 is 31.9 Å². The number of rotatable bonds is 4. The van der Waals surface area contributed by atoms with Crippen LogP contribution in [0, 0.1) is 11.6 Å². The molecule has 31 heavy (non-hydrogen) atoms. The first kappa shape index (κ1) is 21.1. The quantitative estimate of drug-likeness (QED) is 0.263. The molecule has 0 unspecified atom stereocenters. The Labute approximate surface area is 191 Å². The molecule has 4 rings (SSSR count). The number of aromatic nitrogens is 2. The van der Waals surface area contributed by atoms with Crippen molar-refractivity contribution in [2.75, 3.05) is 10.6 Å². The Morgan fingerprint density at radius 3 is 2.45 bits per heavy atom. The van der Waals surface area contributed by atoms with Gasteiger partial charge in [-0.2, -0.15) is 0 Å².